The molecule has 2 N–H and O–H groups in total. The molecule has 2 aromatic carbocycles. The lowest BCUT2D eigenvalue weighted by atomic mass is 9.77. The van der Waals surface area contributed by atoms with E-state index in [1.807, 2.05) is 39.0 Å². The van der Waals surface area contributed by atoms with Gasteiger partial charge in [0.05, 0.1) is 31.8 Å². The number of aryl methyl sites for hydroxylation is 1. The van der Waals surface area contributed by atoms with Crippen LogP contribution in [0.25, 0.3) is 0 Å². The molecule has 0 heterocycles. The highest BCUT2D eigenvalue weighted by atomic mass is 16.5. The summed E-state index contributed by atoms with van der Waals surface area (Å²) < 4.78 is 11.0. The van der Waals surface area contributed by atoms with Gasteiger partial charge in [-0.25, -0.2) is 0 Å². The van der Waals surface area contributed by atoms with Crippen LogP contribution in [0.2, 0.25) is 0 Å². The predicted molar refractivity (Wildman–Crippen MR) is 135 cm³/mol. The maximum Gasteiger partial charge on any atom is 0.316 e. The Morgan fingerprint density at radius 3 is 2.35 bits per heavy atom. The zero-order valence-corrected chi connectivity index (χ0v) is 21.6. The molecule has 2 aromatic rings. The van der Waals surface area contributed by atoms with Crippen LogP contribution in [0.5, 0.6) is 5.75 Å². The Morgan fingerprint density at radius 2 is 1.76 bits per heavy atom. The molecule has 188 valence electrons. The van der Waals surface area contributed by atoms with Gasteiger partial charge in [-0.3, -0.25) is 4.79 Å². The molecule has 0 bridgehead atoms. The van der Waals surface area contributed by atoms with Crippen LogP contribution in [0.4, 0.5) is 0 Å². The number of rotatable bonds is 13. The third-order valence-corrected chi connectivity index (χ3v) is 6.44. The molecule has 0 aliphatic carbocycles. The molecule has 0 radical (unpaired) electrons. The summed E-state index contributed by atoms with van der Waals surface area (Å²) in [5.41, 5.74) is 3.67. The molecule has 1 atom stereocenters. The molecule has 2 rings (SSSR count). The lowest BCUT2D eigenvalue weighted by Gasteiger charge is -2.30. The highest BCUT2D eigenvalue weighted by Crippen LogP contribution is 2.33. The molecule has 0 saturated carbocycles. The van der Waals surface area contributed by atoms with Crippen LogP contribution in [0, 0.1) is 6.92 Å². The van der Waals surface area contributed by atoms with Crippen LogP contribution in [0.15, 0.2) is 36.4 Å². The van der Waals surface area contributed by atoms with E-state index in [4.69, 9.17) is 9.47 Å². The highest BCUT2D eigenvalue weighted by molar-refractivity contribution is 5.83. The minimum atomic E-state index is -0.837. The first-order chi connectivity index (χ1) is 16.1. The van der Waals surface area contributed by atoms with Crippen molar-refractivity contribution in [3.63, 3.8) is 0 Å². The van der Waals surface area contributed by atoms with Crippen LogP contribution in [0.3, 0.4) is 0 Å². The van der Waals surface area contributed by atoms with Gasteiger partial charge in [-0.1, -0.05) is 30.3 Å². The summed E-state index contributed by atoms with van der Waals surface area (Å²) >= 11 is 0. The Labute approximate surface area is 204 Å². The number of benzene rings is 2. The van der Waals surface area contributed by atoms with Gasteiger partial charge >= 0.3 is 5.97 Å². The molecule has 0 aliphatic rings. The summed E-state index contributed by atoms with van der Waals surface area (Å²) in [6.07, 6.45) is 2.17. The predicted octanol–water partition coefficient (Wildman–Crippen LogP) is 4.15. The molecule has 0 fully saturated rings. The summed E-state index contributed by atoms with van der Waals surface area (Å²) in [6.45, 7) is 9.09. The van der Waals surface area contributed by atoms with E-state index in [0.29, 0.717) is 17.5 Å². The molecule has 0 spiro atoms. The number of esters is 1. The van der Waals surface area contributed by atoms with Crippen molar-refractivity contribution in [1.82, 2.24) is 4.90 Å². The molecule has 0 aromatic heterocycles. The van der Waals surface area contributed by atoms with Crippen molar-refractivity contribution in [2.45, 2.75) is 71.7 Å². The van der Waals surface area contributed by atoms with Crippen molar-refractivity contribution in [3.05, 3.63) is 64.2 Å². The standard InChI is InChI=1S/C28H41NO5/c1-20(2)34-27(32)28(4,25-10-9-23(18-30)24(17-25)19-31)13-7-14-29(5)15-12-22-8-11-26(33-6)21(3)16-22/h8-11,16-17,20,30-31H,7,12-15,18-19H2,1-6H3. The van der Waals surface area contributed by atoms with Gasteiger partial charge in [0.2, 0.25) is 0 Å². The molecular formula is C28H41NO5. The average Bonchev–Trinajstić information content (AvgIpc) is 2.81. The Balaban J connectivity index is 2.06. The first-order valence-corrected chi connectivity index (χ1v) is 12.0. The highest BCUT2D eigenvalue weighted by Gasteiger charge is 2.37. The number of nitrogens with zero attached hydrogens (tertiary/aromatic N) is 1. The van der Waals surface area contributed by atoms with Crippen LogP contribution in [-0.4, -0.2) is 54.4 Å². The van der Waals surface area contributed by atoms with Gasteiger partial charge in [0.25, 0.3) is 0 Å². The molecular weight excluding hydrogens is 430 g/mol. The normalized spacial score (nSPS) is 13.2. The first kappa shape index (κ1) is 27.8. The smallest absolute Gasteiger partial charge is 0.316 e. The summed E-state index contributed by atoms with van der Waals surface area (Å²) in [5, 5.41) is 19.3. The number of ether oxygens (including phenoxy) is 2. The first-order valence-electron chi connectivity index (χ1n) is 12.0. The van der Waals surface area contributed by atoms with Crippen LogP contribution >= 0.6 is 0 Å². The Morgan fingerprint density at radius 1 is 1.06 bits per heavy atom. The van der Waals surface area contributed by atoms with E-state index >= 15 is 0 Å². The average molecular weight is 472 g/mol. The van der Waals surface area contributed by atoms with E-state index in [9.17, 15) is 15.0 Å². The molecule has 0 amide bonds. The van der Waals surface area contributed by atoms with E-state index in [-0.39, 0.29) is 25.3 Å². The van der Waals surface area contributed by atoms with Gasteiger partial charge < -0.3 is 24.6 Å². The van der Waals surface area contributed by atoms with Crippen molar-refractivity contribution >= 4 is 5.97 Å². The molecule has 0 saturated heterocycles. The van der Waals surface area contributed by atoms with Crippen molar-refractivity contribution in [2.75, 3.05) is 27.2 Å². The van der Waals surface area contributed by atoms with E-state index < -0.39 is 5.41 Å². The number of likely N-dealkylation sites (N-methyl/N-ethyl adjacent to an activating group) is 1. The zero-order chi connectivity index (χ0) is 25.3. The Kier molecular flexibility index (Phi) is 10.5. The summed E-state index contributed by atoms with van der Waals surface area (Å²) in [6, 6.07) is 11.8. The Hall–Kier alpha value is -2.41. The van der Waals surface area contributed by atoms with Gasteiger partial charge in [-0.15, -0.1) is 0 Å². The number of methoxy groups -OCH3 is 1. The number of aliphatic hydroxyl groups is 2. The summed E-state index contributed by atoms with van der Waals surface area (Å²) in [4.78, 5) is 15.4. The van der Waals surface area contributed by atoms with Gasteiger partial charge in [-0.2, -0.15) is 0 Å². The van der Waals surface area contributed by atoms with Crippen LogP contribution < -0.4 is 4.74 Å². The maximum atomic E-state index is 13.1. The summed E-state index contributed by atoms with van der Waals surface area (Å²) in [5.74, 6) is 0.639. The SMILES string of the molecule is COc1ccc(CCN(C)CCCC(C)(C(=O)OC(C)C)c2ccc(CO)c(CO)c2)cc1C. The largest absolute Gasteiger partial charge is 0.496 e. The number of hydrogen-bond acceptors (Lipinski definition) is 6. The third kappa shape index (κ3) is 7.29. The second-order valence-corrected chi connectivity index (χ2v) is 9.55. The molecule has 0 aliphatic heterocycles. The fraction of sp³-hybridized carbons (Fsp3) is 0.536. The van der Waals surface area contributed by atoms with Gasteiger partial charge in [-0.05, 0) is 94.4 Å². The molecule has 1 unspecified atom stereocenters. The quantitative estimate of drug-likeness (QED) is 0.427. The van der Waals surface area contributed by atoms with Crippen LogP contribution in [-0.2, 0) is 34.6 Å². The minimum absolute atomic E-state index is 0.151. The van der Waals surface area contributed by atoms with Gasteiger partial charge in [0.1, 0.15) is 5.75 Å². The fourth-order valence-electron chi connectivity index (χ4n) is 4.21. The van der Waals surface area contributed by atoms with Crippen LogP contribution in [0.1, 0.15) is 61.4 Å². The zero-order valence-electron chi connectivity index (χ0n) is 21.6. The van der Waals surface area contributed by atoms with E-state index in [1.54, 1.807) is 13.2 Å². The van der Waals surface area contributed by atoms with Gasteiger partial charge in [0.15, 0.2) is 0 Å². The number of aliphatic hydroxyl groups excluding tert-OH is 2. The second-order valence-electron chi connectivity index (χ2n) is 9.55. The topological polar surface area (TPSA) is 79.2 Å². The lowest BCUT2D eigenvalue weighted by Crippen LogP contribution is -2.37. The van der Waals surface area contributed by atoms with E-state index in [1.165, 1.54) is 5.56 Å². The maximum absolute atomic E-state index is 13.1. The third-order valence-electron chi connectivity index (χ3n) is 6.44. The van der Waals surface area contributed by atoms with Gasteiger partial charge in [0, 0.05) is 6.54 Å². The fourth-order valence-corrected chi connectivity index (χ4v) is 4.21. The van der Waals surface area contributed by atoms with Crippen molar-refractivity contribution < 1.29 is 24.5 Å². The summed E-state index contributed by atoms with van der Waals surface area (Å²) in [7, 11) is 3.78. The van der Waals surface area contributed by atoms with Crippen molar-refractivity contribution in [2.24, 2.45) is 0 Å². The number of hydrogen-bond donors (Lipinski definition) is 2. The molecule has 6 heteroatoms. The van der Waals surface area contributed by atoms with Crippen molar-refractivity contribution in [1.29, 1.82) is 0 Å². The number of carbonyl (C=O) groups is 1. The van der Waals surface area contributed by atoms with E-state index in [0.717, 1.165) is 42.8 Å². The van der Waals surface area contributed by atoms with E-state index in [2.05, 4.69) is 31.0 Å². The Bertz CT molecular complexity index is 942. The van der Waals surface area contributed by atoms with Crippen molar-refractivity contribution in [3.8, 4) is 5.75 Å². The monoisotopic (exact) mass is 471 g/mol. The second kappa shape index (κ2) is 12.9. The molecule has 6 nitrogen and oxygen atoms in total. The lowest BCUT2D eigenvalue weighted by molar-refractivity contribution is -0.154. The minimum Gasteiger partial charge on any atom is -0.496 e. The number of carbonyl (C=O) groups excluding carboxylic acids is 1. The molecule has 34 heavy (non-hydrogen) atoms.